The van der Waals surface area contributed by atoms with Crippen LogP contribution < -0.4 is 5.32 Å². The monoisotopic (exact) mass is 324 g/mol. The second-order valence-electron chi connectivity index (χ2n) is 5.82. The minimum Gasteiger partial charge on any atom is -0.326 e. The quantitative estimate of drug-likeness (QED) is 0.799. The van der Waals surface area contributed by atoms with Crippen molar-refractivity contribution in [2.24, 2.45) is 0 Å². The van der Waals surface area contributed by atoms with Gasteiger partial charge >= 0.3 is 0 Å². The van der Waals surface area contributed by atoms with Crippen molar-refractivity contribution >= 4 is 21.6 Å². The Labute approximate surface area is 132 Å². The molecule has 0 radical (unpaired) electrons. The molecule has 1 fully saturated rings. The Kier molecular flexibility index (Phi) is 5.58. The van der Waals surface area contributed by atoms with Crippen LogP contribution in [0, 0.1) is 0 Å². The first-order valence-electron chi connectivity index (χ1n) is 7.80. The van der Waals surface area contributed by atoms with Crippen LogP contribution in [0.1, 0.15) is 39.5 Å². The van der Waals surface area contributed by atoms with Crippen molar-refractivity contribution in [2.75, 3.05) is 11.9 Å². The number of para-hydroxylation sites is 1. The SMILES string of the molecule is CCCN([C@H](C)CC(=O)Nc1ccccc1)S(=O)(=O)C1CC1. The molecule has 1 amide bonds. The summed E-state index contributed by atoms with van der Waals surface area (Å²) in [7, 11) is -3.25. The highest BCUT2D eigenvalue weighted by Gasteiger charge is 2.41. The summed E-state index contributed by atoms with van der Waals surface area (Å²) in [6.07, 6.45) is 2.40. The van der Waals surface area contributed by atoms with Crippen LogP contribution in [0.5, 0.6) is 0 Å². The Bertz CT molecular complexity index is 597. The van der Waals surface area contributed by atoms with Gasteiger partial charge in [-0.15, -0.1) is 0 Å². The van der Waals surface area contributed by atoms with E-state index in [-0.39, 0.29) is 23.6 Å². The van der Waals surface area contributed by atoms with Gasteiger partial charge in [-0.05, 0) is 38.3 Å². The molecule has 0 saturated heterocycles. The van der Waals surface area contributed by atoms with Gasteiger partial charge in [0.25, 0.3) is 0 Å². The van der Waals surface area contributed by atoms with Crippen molar-refractivity contribution in [2.45, 2.75) is 50.8 Å². The molecule has 1 aromatic rings. The number of hydrogen-bond acceptors (Lipinski definition) is 3. The van der Waals surface area contributed by atoms with Crippen LogP contribution in [0.4, 0.5) is 5.69 Å². The molecule has 0 bridgehead atoms. The number of benzene rings is 1. The van der Waals surface area contributed by atoms with Gasteiger partial charge in [-0.1, -0.05) is 25.1 Å². The molecule has 0 heterocycles. The van der Waals surface area contributed by atoms with E-state index in [0.717, 1.165) is 24.9 Å². The standard InChI is InChI=1S/C16H24N2O3S/c1-3-11-18(22(20,21)15-9-10-15)13(2)12-16(19)17-14-7-5-4-6-8-14/h4-8,13,15H,3,9-12H2,1-2H3,(H,17,19)/t13-/m1/s1. The van der Waals surface area contributed by atoms with Gasteiger partial charge in [0.1, 0.15) is 0 Å². The fraction of sp³-hybridized carbons (Fsp3) is 0.562. The number of hydrogen-bond donors (Lipinski definition) is 1. The second-order valence-corrected chi connectivity index (χ2v) is 7.99. The molecule has 2 rings (SSSR count). The smallest absolute Gasteiger partial charge is 0.225 e. The lowest BCUT2D eigenvalue weighted by Gasteiger charge is -2.27. The number of nitrogens with zero attached hydrogens (tertiary/aromatic N) is 1. The topological polar surface area (TPSA) is 66.5 Å². The fourth-order valence-corrected chi connectivity index (χ4v) is 4.61. The van der Waals surface area contributed by atoms with Gasteiger partial charge in [0.15, 0.2) is 0 Å². The third-order valence-corrected chi connectivity index (χ3v) is 6.26. The Hall–Kier alpha value is -1.40. The molecular weight excluding hydrogens is 300 g/mol. The third-order valence-electron chi connectivity index (χ3n) is 3.75. The summed E-state index contributed by atoms with van der Waals surface area (Å²) in [4.78, 5) is 12.1. The van der Waals surface area contributed by atoms with E-state index in [0.29, 0.717) is 6.54 Å². The first-order valence-corrected chi connectivity index (χ1v) is 9.31. The molecule has 122 valence electrons. The maximum absolute atomic E-state index is 12.5. The molecule has 1 aromatic carbocycles. The summed E-state index contributed by atoms with van der Waals surface area (Å²) >= 11 is 0. The normalized spacial score (nSPS) is 16.5. The van der Waals surface area contributed by atoms with Crippen molar-refractivity contribution in [1.82, 2.24) is 4.31 Å². The highest BCUT2D eigenvalue weighted by molar-refractivity contribution is 7.90. The van der Waals surface area contributed by atoms with Crippen LogP contribution >= 0.6 is 0 Å². The number of nitrogens with one attached hydrogen (secondary N) is 1. The summed E-state index contributed by atoms with van der Waals surface area (Å²) < 4.78 is 26.4. The van der Waals surface area contributed by atoms with E-state index >= 15 is 0 Å². The maximum Gasteiger partial charge on any atom is 0.225 e. The Morgan fingerprint density at radius 2 is 1.95 bits per heavy atom. The minimum absolute atomic E-state index is 0.161. The van der Waals surface area contributed by atoms with Crippen molar-refractivity contribution in [1.29, 1.82) is 0 Å². The largest absolute Gasteiger partial charge is 0.326 e. The van der Waals surface area contributed by atoms with E-state index in [2.05, 4.69) is 5.32 Å². The van der Waals surface area contributed by atoms with Crippen LogP contribution in [-0.4, -0.2) is 36.5 Å². The van der Waals surface area contributed by atoms with Gasteiger partial charge in [-0.2, -0.15) is 4.31 Å². The number of amides is 1. The Morgan fingerprint density at radius 1 is 1.32 bits per heavy atom. The lowest BCUT2D eigenvalue weighted by atomic mass is 10.2. The average Bonchev–Trinajstić information content (AvgIpc) is 3.30. The van der Waals surface area contributed by atoms with Crippen LogP contribution in [0.3, 0.4) is 0 Å². The van der Waals surface area contributed by atoms with Gasteiger partial charge in [-0.25, -0.2) is 8.42 Å². The van der Waals surface area contributed by atoms with Crippen molar-refractivity contribution in [3.63, 3.8) is 0 Å². The number of rotatable bonds is 8. The predicted octanol–water partition coefficient (Wildman–Crippen LogP) is 2.61. The number of anilines is 1. The van der Waals surface area contributed by atoms with Crippen molar-refractivity contribution < 1.29 is 13.2 Å². The van der Waals surface area contributed by atoms with Crippen molar-refractivity contribution in [3.05, 3.63) is 30.3 Å². The first-order chi connectivity index (χ1) is 10.4. The Morgan fingerprint density at radius 3 is 2.50 bits per heavy atom. The summed E-state index contributed by atoms with van der Waals surface area (Å²) in [5, 5.41) is 2.57. The molecule has 0 spiro atoms. The van der Waals surface area contributed by atoms with Gasteiger partial charge in [0, 0.05) is 24.7 Å². The number of carbonyl (C=O) groups excluding carboxylic acids is 1. The average molecular weight is 324 g/mol. The molecule has 6 heteroatoms. The van der Waals surface area contributed by atoms with Gasteiger partial charge < -0.3 is 5.32 Å². The van der Waals surface area contributed by atoms with Crippen LogP contribution in [0.25, 0.3) is 0 Å². The lowest BCUT2D eigenvalue weighted by molar-refractivity contribution is -0.116. The zero-order valence-electron chi connectivity index (χ0n) is 13.2. The highest BCUT2D eigenvalue weighted by atomic mass is 32.2. The summed E-state index contributed by atoms with van der Waals surface area (Å²) in [6.45, 7) is 4.23. The molecule has 1 saturated carbocycles. The molecular formula is C16H24N2O3S. The van der Waals surface area contributed by atoms with E-state index < -0.39 is 10.0 Å². The highest BCUT2D eigenvalue weighted by Crippen LogP contribution is 2.32. The lowest BCUT2D eigenvalue weighted by Crippen LogP contribution is -2.42. The fourth-order valence-electron chi connectivity index (χ4n) is 2.48. The van der Waals surface area contributed by atoms with Gasteiger partial charge in [0.2, 0.25) is 15.9 Å². The summed E-state index contributed by atoms with van der Waals surface area (Å²) in [5.41, 5.74) is 0.729. The van der Waals surface area contributed by atoms with E-state index in [1.165, 1.54) is 4.31 Å². The molecule has 22 heavy (non-hydrogen) atoms. The molecule has 1 atom stereocenters. The minimum atomic E-state index is -3.25. The molecule has 1 aliphatic rings. The second kappa shape index (κ2) is 7.24. The molecule has 0 unspecified atom stereocenters. The summed E-state index contributed by atoms with van der Waals surface area (Å²) in [5.74, 6) is -0.161. The van der Waals surface area contributed by atoms with E-state index in [4.69, 9.17) is 0 Å². The number of sulfonamides is 1. The number of carbonyl (C=O) groups is 1. The van der Waals surface area contributed by atoms with Crippen molar-refractivity contribution in [3.8, 4) is 0 Å². The summed E-state index contributed by atoms with van der Waals surface area (Å²) in [6, 6.07) is 8.87. The molecule has 1 aliphatic carbocycles. The first kappa shape index (κ1) is 17.0. The molecule has 1 N–H and O–H groups in total. The van der Waals surface area contributed by atoms with Gasteiger partial charge in [0.05, 0.1) is 5.25 Å². The molecule has 0 aromatic heterocycles. The van der Waals surface area contributed by atoms with Crippen LogP contribution in [0.2, 0.25) is 0 Å². The van der Waals surface area contributed by atoms with E-state index in [1.807, 2.05) is 37.3 Å². The van der Waals surface area contributed by atoms with Crippen LogP contribution in [0.15, 0.2) is 30.3 Å². The van der Waals surface area contributed by atoms with E-state index in [9.17, 15) is 13.2 Å². The zero-order chi connectivity index (χ0) is 16.2. The van der Waals surface area contributed by atoms with Gasteiger partial charge in [-0.3, -0.25) is 4.79 Å². The van der Waals surface area contributed by atoms with Crippen LogP contribution in [-0.2, 0) is 14.8 Å². The zero-order valence-corrected chi connectivity index (χ0v) is 14.0. The van der Waals surface area contributed by atoms with E-state index in [1.54, 1.807) is 6.92 Å². The predicted molar refractivity (Wildman–Crippen MR) is 88.1 cm³/mol. The Balaban J connectivity index is 1.98. The third kappa shape index (κ3) is 4.30. The molecule has 5 nitrogen and oxygen atoms in total. The molecule has 0 aliphatic heterocycles. The maximum atomic E-state index is 12.5.